The molecule has 0 aromatic carbocycles. The Bertz CT molecular complexity index is 393. The lowest BCUT2D eigenvalue weighted by atomic mass is 10.2. The Balaban J connectivity index is 0.000000980. The van der Waals surface area contributed by atoms with Crippen LogP contribution in [0.15, 0.2) is 29.0 Å². The smallest absolute Gasteiger partial charge is 0.240 e. The Kier molecular flexibility index (Phi) is 5.84. The average molecular weight is 249 g/mol. The standard InChI is InChI=1S/C8H8N4O.2ClH/c9-5-7-11-8(12-13-7)6-1-3-10-4-2-6;;/h1-4H,5,9H2;2*1H. The maximum Gasteiger partial charge on any atom is 0.240 e. The Hall–Kier alpha value is -1.17. The second-order valence-corrected chi connectivity index (χ2v) is 2.45. The van der Waals surface area contributed by atoms with Crippen LogP contribution in [-0.4, -0.2) is 15.1 Å². The van der Waals surface area contributed by atoms with Crippen molar-refractivity contribution in [1.29, 1.82) is 0 Å². The molecule has 0 amide bonds. The van der Waals surface area contributed by atoms with Crippen LogP contribution in [-0.2, 0) is 6.54 Å². The molecule has 0 saturated heterocycles. The van der Waals surface area contributed by atoms with E-state index in [-0.39, 0.29) is 31.4 Å². The van der Waals surface area contributed by atoms with Gasteiger partial charge in [-0.1, -0.05) is 5.16 Å². The minimum atomic E-state index is 0. The van der Waals surface area contributed by atoms with E-state index < -0.39 is 0 Å². The molecule has 2 rings (SSSR count). The lowest BCUT2D eigenvalue weighted by Crippen LogP contribution is -1.95. The highest BCUT2D eigenvalue weighted by Gasteiger charge is 2.05. The molecule has 2 heterocycles. The summed E-state index contributed by atoms with van der Waals surface area (Å²) in [6.45, 7) is 0.262. The molecular formula is C8H10Cl2N4O. The summed E-state index contributed by atoms with van der Waals surface area (Å²) in [5, 5.41) is 3.76. The van der Waals surface area contributed by atoms with Gasteiger partial charge in [-0.15, -0.1) is 24.8 Å². The number of hydrogen-bond acceptors (Lipinski definition) is 5. The van der Waals surface area contributed by atoms with E-state index in [1.54, 1.807) is 12.4 Å². The maximum absolute atomic E-state index is 5.33. The molecule has 7 heteroatoms. The van der Waals surface area contributed by atoms with E-state index in [9.17, 15) is 0 Å². The predicted molar refractivity (Wildman–Crippen MR) is 59.9 cm³/mol. The van der Waals surface area contributed by atoms with Gasteiger partial charge in [-0.05, 0) is 12.1 Å². The van der Waals surface area contributed by atoms with Crippen LogP contribution < -0.4 is 5.73 Å². The van der Waals surface area contributed by atoms with E-state index in [2.05, 4.69) is 15.1 Å². The summed E-state index contributed by atoms with van der Waals surface area (Å²) in [6, 6.07) is 3.62. The molecule has 0 aliphatic heterocycles. The third-order valence-corrected chi connectivity index (χ3v) is 1.58. The molecule has 0 bridgehead atoms. The van der Waals surface area contributed by atoms with Crippen molar-refractivity contribution in [1.82, 2.24) is 15.1 Å². The largest absolute Gasteiger partial charge is 0.338 e. The van der Waals surface area contributed by atoms with E-state index >= 15 is 0 Å². The van der Waals surface area contributed by atoms with Crippen molar-refractivity contribution in [2.24, 2.45) is 5.73 Å². The molecule has 2 aromatic rings. The van der Waals surface area contributed by atoms with Gasteiger partial charge in [0.1, 0.15) is 0 Å². The molecule has 0 saturated carbocycles. The monoisotopic (exact) mass is 248 g/mol. The van der Waals surface area contributed by atoms with Crippen LogP contribution in [0.4, 0.5) is 0 Å². The lowest BCUT2D eigenvalue weighted by Gasteiger charge is -1.89. The van der Waals surface area contributed by atoms with Gasteiger partial charge in [0.25, 0.3) is 0 Å². The van der Waals surface area contributed by atoms with Crippen molar-refractivity contribution in [3.63, 3.8) is 0 Å². The van der Waals surface area contributed by atoms with Crippen molar-refractivity contribution in [2.45, 2.75) is 6.54 Å². The van der Waals surface area contributed by atoms with Crippen LogP contribution in [0.2, 0.25) is 0 Å². The van der Waals surface area contributed by atoms with Gasteiger partial charge in [0, 0.05) is 18.0 Å². The van der Waals surface area contributed by atoms with Gasteiger partial charge in [0.05, 0.1) is 6.54 Å². The second kappa shape index (κ2) is 6.34. The van der Waals surface area contributed by atoms with Gasteiger partial charge in [0.2, 0.25) is 11.7 Å². The highest BCUT2D eigenvalue weighted by atomic mass is 35.5. The Morgan fingerprint density at radius 1 is 1.20 bits per heavy atom. The normalized spacial score (nSPS) is 8.87. The minimum absolute atomic E-state index is 0. The third kappa shape index (κ3) is 3.16. The van der Waals surface area contributed by atoms with Crippen LogP contribution in [0.3, 0.4) is 0 Å². The zero-order valence-corrected chi connectivity index (χ0v) is 9.29. The molecule has 0 atom stereocenters. The molecule has 82 valence electrons. The molecule has 0 aliphatic rings. The van der Waals surface area contributed by atoms with Gasteiger partial charge < -0.3 is 10.3 Å². The zero-order valence-electron chi connectivity index (χ0n) is 7.66. The van der Waals surface area contributed by atoms with Crippen molar-refractivity contribution >= 4 is 24.8 Å². The fourth-order valence-corrected chi connectivity index (χ4v) is 0.956. The van der Waals surface area contributed by atoms with Crippen LogP contribution >= 0.6 is 24.8 Å². The SMILES string of the molecule is Cl.Cl.NCc1nc(-c2ccncc2)no1. The highest BCUT2D eigenvalue weighted by Crippen LogP contribution is 2.13. The van der Waals surface area contributed by atoms with Crippen molar-refractivity contribution in [3.05, 3.63) is 30.4 Å². The van der Waals surface area contributed by atoms with Gasteiger partial charge in [-0.3, -0.25) is 4.98 Å². The summed E-state index contributed by atoms with van der Waals surface area (Å²) >= 11 is 0. The summed E-state index contributed by atoms with van der Waals surface area (Å²) < 4.78 is 4.86. The van der Waals surface area contributed by atoms with Crippen LogP contribution in [0.25, 0.3) is 11.4 Å². The number of pyridine rings is 1. The van der Waals surface area contributed by atoms with E-state index in [1.807, 2.05) is 12.1 Å². The molecule has 0 unspecified atom stereocenters. The van der Waals surface area contributed by atoms with Crippen molar-refractivity contribution in [2.75, 3.05) is 0 Å². The van der Waals surface area contributed by atoms with E-state index in [1.165, 1.54) is 0 Å². The van der Waals surface area contributed by atoms with Gasteiger partial charge in [-0.25, -0.2) is 0 Å². The highest BCUT2D eigenvalue weighted by molar-refractivity contribution is 5.85. The van der Waals surface area contributed by atoms with E-state index in [0.717, 1.165) is 5.56 Å². The molecule has 2 aromatic heterocycles. The number of rotatable bonds is 2. The Labute approximate surface area is 98.9 Å². The van der Waals surface area contributed by atoms with Crippen LogP contribution in [0.5, 0.6) is 0 Å². The topological polar surface area (TPSA) is 77.8 Å². The molecule has 2 N–H and O–H groups in total. The maximum atomic E-state index is 5.33. The molecule has 15 heavy (non-hydrogen) atoms. The number of nitrogens with two attached hydrogens (primary N) is 1. The first-order valence-corrected chi connectivity index (χ1v) is 3.83. The second-order valence-electron chi connectivity index (χ2n) is 2.45. The Morgan fingerprint density at radius 2 is 1.87 bits per heavy atom. The number of halogens is 2. The number of nitrogens with zero attached hydrogens (tertiary/aromatic N) is 3. The quantitative estimate of drug-likeness (QED) is 0.871. The lowest BCUT2D eigenvalue weighted by molar-refractivity contribution is 0.380. The van der Waals surface area contributed by atoms with Crippen LogP contribution in [0, 0.1) is 0 Å². The molecule has 0 radical (unpaired) electrons. The molecular weight excluding hydrogens is 239 g/mol. The summed E-state index contributed by atoms with van der Waals surface area (Å²) in [6.07, 6.45) is 3.35. The summed E-state index contributed by atoms with van der Waals surface area (Å²) in [5.74, 6) is 0.981. The first-order chi connectivity index (χ1) is 6.40. The Morgan fingerprint density at radius 3 is 2.40 bits per heavy atom. The molecule has 0 aliphatic carbocycles. The number of hydrogen-bond donors (Lipinski definition) is 1. The fraction of sp³-hybridized carbons (Fsp3) is 0.125. The summed E-state index contributed by atoms with van der Waals surface area (Å²) in [5.41, 5.74) is 6.21. The van der Waals surface area contributed by atoms with Gasteiger partial charge in [-0.2, -0.15) is 4.98 Å². The first kappa shape index (κ1) is 13.8. The van der Waals surface area contributed by atoms with E-state index in [4.69, 9.17) is 10.3 Å². The first-order valence-electron chi connectivity index (χ1n) is 3.83. The van der Waals surface area contributed by atoms with Gasteiger partial charge >= 0.3 is 0 Å². The van der Waals surface area contributed by atoms with Crippen LogP contribution in [0.1, 0.15) is 5.89 Å². The minimum Gasteiger partial charge on any atom is -0.338 e. The molecule has 0 spiro atoms. The molecule has 0 fully saturated rings. The van der Waals surface area contributed by atoms with E-state index in [0.29, 0.717) is 11.7 Å². The fourth-order valence-electron chi connectivity index (χ4n) is 0.956. The third-order valence-electron chi connectivity index (χ3n) is 1.58. The summed E-state index contributed by atoms with van der Waals surface area (Å²) in [7, 11) is 0. The zero-order chi connectivity index (χ0) is 9.10. The molecule has 5 nitrogen and oxygen atoms in total. The van der Waals surface area contributed by atoms with Crippen molar-refractivity contribution < 1.29 is 4.52 Å². The van der Waals surface area contributed by atoms with Crippen molar-refractivity contribution in [3.8, 4) is 11.4 Å². The summed E-state index contributed by atoms with van der Waals surface area (Å²) in [4.78, 5) is 7.96. The predicted octanol–water partition coefficient (Wildman–Crippen LogP) is 1.43. The number of aromatic nitrogens is 3. The average Bonchev–Trinajstić information content (AvgIpc) is 2.67. The van der Waals surface area contributed by atoms with Gasteiger partial charge in [0.15, 0.2) is 0 Å².